The number of alkyl carbamates (subject to hydrolysis) is 1. The van der Waals surface area contributed by atoms with Crippen molar-refractivity contribution in [3.05, 3.63) is 55.5 Å². The molecule has 8 nitrogen and oxygen atoms in total. The highest BCUT2D eigenvalue weighted by atomic mass is 35.5. The van der Waals surface area contributed by atoms with E-state index < -0.39 is 5.60 Å². The van der Waals surface area contributed by atoms with Crippen LogP contribution in [0.15, 0.2) is 33.1 Å². The van der Waals surface area contributed by atoms with Crippen LogP contribution in [0.5, 0.6) is 0 Å². The molecule has 3 N–H and O–H groups in total. The van der Waals surface area contributed by atoms with Gasteiger partial charge in [0.25, 0.3) is 11.5 Å². The lowest BCUT2D eigenvalue weighted by molar-refractivity contribution is -0.117. The van der Waals surface area contributed by atoms with Crippen LogP contribution in [0.1, 0.15) is 83.5 Å². The first-order valence-electron chi connectivity index (χ1n) is 13.6. The van der Waals surface area contributed by atoms with E-state index in [4.69, 9.17) is 16.3 Å². The highest BCUT2D eigenvalue weighted by molar-refractivity contribution is 6.30. The molecule has 0 aliphatic heterocycles. The van der Waals surface area contributed by atoms with Crippen LogP contribution in [-0.4, -0.2) is 52.2 Å². The molecule has 0 spiro atoms. The third-order valence-corrected chi connectivity index (χ3v) is 7.69. The van der Waals surface area contributed by atoms with E-state index in [0.29, 0.717) is 28.6 Å². The van der Waals surface area contributed by atoms with E-state index in [2.05, 4.69) is 27.4 Å². The molecule has 1 fully saturated rings. The Morgan fingerprint density at radius 3 is 2.39 bits per heavy atom. The van der Waals surface area contributed by atoms with Crippen molar-refractivity contribution in [2.45, 2.75) is 111 Å². The van der Waals surface area contributed by atoms with E-state index in [1.165, 1.54) is 0 Å². The summed E-state index contributed by atoms with van der Waals surface area (Å²) in [5.74, 6) is -0.231. The van der Waals surface area contributed by atoms with Crippen LogP contribution in [0.2, 0.25) is 0 Å². The normalized spacial score (nSPS) is 22.2. The molecule has 1 unspecified atom stereocenters. The molecule has 3 rings (SSSR count). The quantitative estimate of drug-likeness (QED) is 0.447. The SMILES string of the molecule is CCN(C1CCC(NC(=O)OC(C)(C)C)CC1)C1CC(Cl)=CC(C(=O)NCc2c(C)cc(C)[nH]c2=O)=C1C. The molecular weight excluding hydrogens is 504 g/mol. The Morgan fingerprint density at radius 1 is 1.16 bits per heavy atom. The van der Waals surface area contributed by atoms with Crippen molar-refractivity contribution < 1.29 is 14.3 Å². The van der Waals surface area contributed by atoms with Gasteiger partial charge in [-0.1, -0.05) is 18.5 Å². The number of rotatable bonds is 7. The zero-order chi connectivity index (χ0) is 28.2. The van der Waals surface area contributed by atoms with Crippen LogP contribution < -0.4 is 16.2 Å². The van der Waals surface area contributed by atoms with Gasteiger partial charge in [-0.05, 0) is 97.0 Å². The fourth-order valence-corrected chi connectivity index (χ4v) is 5.84. The molecule has 1 atom stereocenters. The number of aromatic amines is 1. The molecule has 1 aromatic heterocycles. The predicted molar refractivity (Wildman–Crippen MR) is 151 cm³/mol. The number of aromatic nitrogens is 1. The largest absolute Gasteiger partial charge is 0.444 e. The summed E-state index contributed by atoms with van der Waals surface area (Å²) in [7, 11) is 0. The Kier molecular flexibility index (Phi) is 9.87. The van der Waals surface area contributed by atoms with Crippen LogP contribution in [-0.2, 0) is 16.1 Å². The molecule has 38 heavy (non-hydrogen) atoms. The fraction of sp³-hybridized carbons (Fsp3) is 0.621. The maximum atomic E-state index is 13.2. The smallest absolute Gasteiger partial charge is 0.407 e. The van der Waals surface area contributed by atoms with E-state index in [-0.39, 0.29) is 36.2 Å². The number of nitrogens with one attached hydrogen (secondary N) is 3. The number of hydrogen-bond donors (Lipinski definition) is 3. The number of aryl methyl sites for hydroxylation is 2. The lowest BCUT2D eigenvalue weighted by Gasteiger charge is -2.42. The highest BCUT2D eigenvalue weighted by Gasteiger charge is 2.34. The van der Waals surface area contributed by atoms with Crippen LogP contribution >= 0.6 is 11.6 Å². The number of ether oxygens (including phenoxy) is 1. The molecule has 2 aliphatic carbocycles. The van der Waals surface area contributed by atoms with Gasteiger partial charge in [-0.25, -0.2) is 4.79 Å². The Labute approximate surface area is 231 Å². The molecule has 2 aliphatic rings. The number of likely N-dealkylation sites (N-methyl/N-ethyl adjacent to an activating group) is 1. The summed E-state index contributed by atoms with van der Waals surface area (Å²) in [5.41, 5.74) is 3.04. The summed E-state index contributed by atoms with van der Waals surface area (Å²) in [6, 6.07) is 2.35. The minimum absolute atomic E-state index is 0.0168. The highest BCUT2D eigenvalue weighted by Crippen LogP contribution is 2.34. The van der Waals surface area contributed by atoms with Crippen molar-refractivity contribution in [2.24, 2.45) is 0 Å². The second-order valence-corrected chi connectivity index (χ2v) is 12.0. The molecule has 0 saturated heterocycles. The maximum absolute atomic E-state index is 13.2. The number of amides is 2. The molecule has 210 valence electrons. The van der Waals surface area contributed by atoms with E-state index in [0.717, 1.165) is 49.1 Å². The number of nitrogens with zero attached hydrogens (tertiary/aromatic N) is 1. The van der Waals surface area contributed by atoms with Crippen molar-refractivity contribution in [2.75, 3.05) is 6.54 Å². The molecule has 0 aromatic carbocycles. The first-order chi connectivity index (χ1) is 17.8. The molecule has 1 heterocycles. The van der Waals surface area contributed by atoms with Gasteiger partial charge in [0.15, 0.2) is 0 Å². The molecule has 1 aromatic rings. The number of pyridine rings is 1. The number of carbonyl (C=O) groups excluding carboxylic acids is 2. The van der Waals surface area contributed by atoms with Gasteiger partial charge >= 0.3 is 6.09 Å². The van der Waals surface area contributed by atoms with Gasteiger partial charge in [-0.2, -0.15) is 0 Å². The van der Waals surface area contributed by atoms with Crippen molar-refractivity contribution in [3.63, 3.8) is 0 Å². The Morgan fingerprint density at radius 2 is 1.82 bits per heavy atom. The first kappa shape index (κ1) is 30.0. The third kappa shape index (κ3) is 7.73. The topological polar surface area (TPSA) is 104 Å². The minimum Gasteiger partial charge on any atom is -0.444 e. The van der Waals surface area contributed by atoms with E-state index >= 15 is 0 Å². The van der Waals surface area contributed by atoms with E-state index in [1.54, 1.807) is 6.08 Å². The molecular formula is C29H43ClN4O4. The third-order valence-electron chi connectivity index (χ3n) is 7.43. The number of hydrogen-bond acceptors (Lipinski definition) is 5. The fourth-order valence-electron chi connectivity index (χ4n) is 5.58. The van der Waals surface area contributed by atoms with Crippen LogP contribution in [0.4, 0.5) is 4.79 Å². The van der Waals surface area contributed by atoms with Crippen molar-refractivity contribution in [1.82, 2.24) is 20.5 Å². The Hall–Kier alpha value is -2.58. The summed E-state index contributed by atoms with van der Waals surface area (Å²) in [5, 5.41) is 6.59. The van der Waals surface area contributed by atoms with Gasteiger partial charge in [0.05, 0.1) is 0 Å². The van der Waals surface area contributed by atoms with Crippen LogP contribution in [0, 0.1) is 13.8 Å². The standard InChI is InChI=1S/C29H43ClN4O4/c1-8-34(22-11-9-21(10-12-22)33-28(37)38-29(5,6)7)25-15-20(30)14-23(19(25)4)26(35)31-16-24-17(2)13-18(3)32-27(24)36/h13-14,21-22,25H,8-12,15-16H2,1-7H3,(H,31,35)(H,32,36)(H,33,37). The molecule has 2 amide bonds. The molecule has 1 saturated carbocycles. The molecule has 0 bridgehead atoms. The van der Waals surface area contributed by atoms with Gasteiger partial charge < -0.3 is 20.4 Å². The Bertz CT molecular complexity index is 1160. The zero-order valence-corrected chi connectivity index (χ0v) is 24.6. The summed E-state index contributed by atoms with van der Waals surface area (Å²) in [6.45, 7) is 14.4. The van der Waals surface area contributed by atoms with Gasteiger partial charge in [-0.15, -0.1) is 0 Å². The number of halogens is 1. The monoisotopic (exact) mass is 546 g/mol. The number of H-pyrrole nitrogens is 1. The lowest BCUT2D eigenvalue weighted by Crippen LogP contribution is -2.49. The van der Waals surface area contributed by atoms with Gasteiger partial charge in [-0.3, -0.25) is 14.5 Å². The van der Waals surface area contributed by atoms with E-state index in [9.17, 15) is 14.4 Å². The summed E-state index contributed by atoms with van der Waals surface area (Å²) >= 11 is 6.58. The average molecular weight is 547 g/mol. The minimum atomic E-state index is -0.517. The lowest BCUT2D eigenvalue weighted by atomic mass is 9.86. The molecule has 9 heteroatoms. The zero-order valence-electron chi connectivity index (χ0n) is 23.8. The predicted octanol–water partition coefficient (Wildman–Crippen LogP) is 4.98. The van der Waals surface area contributed by atoms with Gasteiger partial charge in [0.1, 0.15) is 5.60 Å². The second-order valence-electron chi connectivity index (χ2n) is 11.5. The second kappa shape index (κ2) is 12.5. The number of carbonyl (C=O) groups is 2. The van der Waals surface area contributed by atoms with Crippen molar-refractivity contribution in [3.8, 4) is 0 Å². The maximum Gasteiger partial charge on any atom is 0.407 e. The van der Waals surface area contributed by atoms with Gasteiger partial charge in [0, 0.05) is 53.0 Å². The first-order valence-corrected chi connectivity index (χ1v) is 14.0. The van der Waals surface area contributed by atoms with Crippen molar-refractivity contribution >= 4 is 23.6 Å². The summed E-state index contributed by atoms with van der Waals surface area (Å²) in [4.78, 5) is 43.0. The summed E-state index contributed by atoms with van der Waals surface area (Å²) < 4.78 is 5.41. The van der Waals surface area contributed by atoms with Crippen LogP contribution in [0.3, 0.4) is 0 Å². The van der Waals surface area contributed by atoms with Crippen molar-refractivity contribution in [1.29, 1.82) is 0 Å². The average Bonchev–Trinajstić information content (AvgIpc) is 2.80. The Balaban J connectivity index is 1.67. The van der Waals surface area contributed by atoms with Crippen LogP contribution in [0.25, 0.3) is 0 Å². The van der Waals surface area contributed by atoms with E-state index in [1.807, 2.05) is 47.6 Å². The van der Waals surface area contributed by atoms with Gasteiger partial charge in [0.2, 0.25) is 0 Å². The molecule has 0 radical (unpaired) electrons. The summed E-state index contributed by atoms with van der Waals surface area (Å²) in [6.07, 6.45) is 5.67.